The average Bonchev–Trinajstić information content (AvgIpc) is 2.75. The Kier molecular flexibility index (Phi) is 8.26. The van der Waals surface area contributed by atoms with Gasteiger partial charge in [-0.1, -0.05) is 29.8 Å². The minimum atomic E-state index is -3.79. The number of hydrogen-bond acceptors (Lipinski definition) is 6. The van der Waals surface area contributed by atoms with E-state index >= 15 is 0 Å². The average molecular weight is 483 g/mol. The summed E-state index contributed by atoms with van der Waals surface area (Å²) in [5.41, 5.74) is 0.509. The van der Waals surface area contributed by atoms with Crippen LogP contribution in [0.15, 0.2) is 59.5 Å². The molecule has 2 aromatic rings. The first-order valence-electron chi connectivity index (χ1n) is 10.2. The fourth-order valence-corrected chi connectivity index (χ4v) is 4.38. The molecule has 10 heteroatoms. The van der Waals surface area contributed by atoms with Gasteiger partial charge in [-0.2, -0.15) is 0 Å². The third-order valence-electron chi connectivity index (χ3n) is 4.81. The van der Waals surface area contributed by atoms with Crippen molar-refractivity contribution in [2.45, 2.75) is 36.7 Å². The number of ether oxygens (including phenoxy) is 3. The van der Waals surface area contributed by atoms with Gasteiger partial charge >= 0.3 is 0 Å². The summed E-state index contributed by atoms with van der Waals surface area (Å²) in [5.74, 6) is -1.20. The quantitative estimate of drug-likeness (QED) is 0.628. The predicted octanol–water partition coefficient (Wildman–Crippen LogP) is 2.58. The third kappa shape index (κ3) is 6.99. The zero-order chi connectivity index (χ0) is 23.2. The standard InChI is InChI=1S/C22H27ClN2O6S/c1-22(2)30-13-12-29-19(15-25-32(27,28)18-10-8-17(23)9-11-18)20(31-22)14-24-21(26)16-6-4-3-5-7-16/h3-11,19-20,25H,12-15H2,1-2H3,(H,24,26)/t19-,20+/m1/s1. The van der Waals surface area contributed by atoms with Crippen LogP contribution in [-0.2, 0) is 24.2 Å². The molecule has 2 atom stereocenters. The van der Waals surface area contributed by atoms with Gasteiger partial charge in [-0.05, 0) is 50.2 Å². The molecule has 3 rings (SSSR count). The molecule has 1 aliphatic rings. The lowest BCUT2D eigenvalue weighted by atomic mass is 10.1. The van der Waals surface area contributed by atoms with Crippen LogP contribution < -0.4 is 10.0 Å². The highest BCUT2D eigenvalue weighted by Gasteiger charge is 2.34. The Morgan fingerprint density at radius 3 is 2.41 bits per heavy atom. The summed E-state index contributed by atoms with van der Waals surface area (Å²) < 4.78 is 45.5. The molecule has 0 aromatic heterocycles. The molecule has 0 radical (unpaired) electrons. The predicted molar refractivity (Wildman–Crippen MR) is 120 cm³/mol. The van der Waals surface area contributed by atoms with Crippen molar-refractivity contribution in [2.75, 3.05) is 26.3 Å². The Morgan fingerprint density at radius 1 is 1.03 bits per heavy atom. The smallest absolute Gasteiger partial charge is 0.251 e. The lowest BCUT2D eigenvalue weighted by molar-refractivity contribution is -0.277. The summed E-state index contributed by atoms with van der Waals surface area (Å²) in [5, 5.41) is 3.27. The topological polar surface area (TPSA) is 103 Å². The van der Waals surface area contributed by atoms with Crippen molar-refractivity contribution in [3.63, 3.8) is 0 Å². The van der Waals surface area contributed by atoms with Crippen molar-refractivity contribution in [1.82, 2.24) is 10.0 Å². The summed E-state index contributed by atoms with van der Waals surface area (Å²) in [4.78, 5) is 12.6. The van der Waals surface area contributed by atoms with E-state index in [9.17, 15) is 13.2 Å². The molecule has 174 valence electrons. The SMILES string of the molecule is CC1(C)OCCO[C@H](CNS(=O)(=O)c2ccc(Cl)cc2)[C@H](CNC(=O)c2ccccc2)O1. The minimum Gasteiger partial charge on any atom is -0.372 e. The molecule has 1 amide bonds. The van der Waals surface area contributed by atoms with E-state index in [-0.39, 0.29) is 37.1 Å². The van der Waals surface area contributed by atoms with Gasteiger partial charge in [0.15, 0.2) is 5.79 Å². The van der Waals surface area contributed by atoms with E-state index in [1.807, 2.05) is 6.07 Å². The van der Waals surface area contributed by atoms with Crippen LogP contribution in [-0.4, -0.2) is 58.6 Å². The molecule has 1 heterocycles. The molecule has 0 spiro atoms. The second-order valence-corrected chi connectivity index (χ2v) is 9.90. The molecule has 0 saturated carbocycles. The Balaban J connectivity index is 1.71. The molecule has 0 bridgehead atoms. The Hall–Kier alpha value is -2.01. The van der Waals surface area contributed by atoms with Crippen LogP contribution in [0.4, 0.5) is 0 Å². The first kappa shape index (κ1) is 24.6. The fraction of sp³-hybridized carbons (Fsp3) is 0.409. The second kappa shape index (κ2) is 10.7. The van der Waals surface area contributed by atoms with Crippen molar-refractivity contribution in [3.8, 4) is 0 Å². The van der Waals surface area contributed by atoms with Gasteiger partial charge in [-0.15, -0.1) is 0 Å². The van der Waals surface area contributed by atoms with E-state index in [4.69, 9.17) is 25.8 Å². The Bertz CT molecular complexity index is 999. The fourth-order valence-electron chi connectivity index (χ4n) is 3.21. The molecule has 2 aromatic carbocycles. The molecule has 32 heavy (non-hydrogen) atoms. The van der Waals surface area contributed by atoms with Crippen LogP contribution in [0.3, 0.4) is 0 Å². The number of sulfonamides is 1. The van der Waals surface area contributed by atoms with Crippen molar-refractivity contribution in [2.24, 2.45) is 0 Å². The third-order valence-corrected chi connectivity index (χ3v) is 6.50. The molecular formula is C22H27ClN2O6S. The van der Waals surface area contributed by atoms with E-state index < -0.39 is 28.0 Å². The Labute approximate surface area is 193 Å². The number of carbonyl (C=O) groups excluding carboxylic acids is 1. The van der Waals surface area contributed by atoms with E-state index in [1.54, 1.807) is 38.1 Å². The zero-order valence-corrected chi connectivity index (χ0v) is 19.5. The van der Waals surface area contributed by atoms with Gasteiger partial charge in [-0.3, -0.25) is 4.79 Å². The van der Waals surface area contributed by atoms with E-state index in [1.165, 1.54) is 24.3 Å². The number of nitrogens with one attached hydrogen (secondary N) is 2. The second-order valence-electron chi connectivity index (χ2n) is 7.70. The zero-order valence-electron chi connectivity index (χ0n) is 17.9. The van der Waals surface area contributed by atoms with Crippen LogP contribution in [0.2, 0.25) is 5.02 Å². The maximum Gasteiger partial charge on any atom is 0.251 e. The molecule has 8 nitrogen and oxygen atoms in total. The number of carbonyl (C=O) groups is 1. The summed E-state index contributed by atoms with van der Waals surface area (Å²) in [6.07, 6.45) is -1.32. The van der Waals surface area contributed by atoms with Crippen molar-refractivity contribution in [3.05, 3.63) is 65.2 Å². The van der Waals surface area contributed by atoms with E-state index in [2.05, 4.69) is 10.0 Å². The number of amides is 1. The maximum atomic E-state index is 12.7. The lowest BCUT2D eigenvalue weighted by Crippen LogP contribution is -2.52. The molecule has 1 aliphatic heterocycles. The van der Waals surface area contributed by atoms with Crippen LogP contribution in [0.5, 0.6) is 0 Å². The molecular weight excluding hydrogens is 456 g/mol. The van der Waals surface area contributed by atoms with Gasteiger partial charge in [0.1, 0.15) is 6.10 Å². The highest BCUT2D eigenvalue weighted by Crippen LogP contribution is 2.21. The van der Waals surface area contributed by atoms with Crippen LogP contribution in [0.1, 0.15) is 24.2 Å². The van der Waals surface area contributed by atoms with Crippen LogP contribution >= 0.6 is 11.6 Å². The summed E-state index contributed by atoms with van der Waals surface area (Å²) in [7, 11) is -3.79. The van der Waals surface area contributed by atoms with Gasteiger partial charge in [0.05, 0.1) is 24.2 Å². The molecule has 0 unspecified atom stereocenters. The first-order chi connectivity index (χ1) is 15.2. The maximum absolute atomic E-state index is 12.7. The molecule has 2 N–H and O–H groups in total. The van der Waals surface area contributed by atoms with Gasteiger partial charge < -0.3 is 19.5 Å². The van der Waals surface area contributed by atoms with Gasteiger partial charge in [0.25, 0.3) is 5.91 Å². The number of hydrogen-bond donors (Lipinski definition) is 2. The molecule has 1 saturated heterocycles. The van der Waals surface area contributed by atoms with Gasteiger partial charge in [0, 0.05) is 23.7 Å². The lowest BCUT2D eigenvalue weighted by Gasteiger charge is -2.37. The summed E-state index contributed by atoms with van der Waals surface area (Å²) in [6.45, 7) is 4.12. The van der Waals surface area contributed by atoms with E-state index in [0.717, 1.165) is 0 Å². The van der Waals surface area contributed by atoms with E-state index in [0.29, 0.717) is 10.6 Å². The summed E-state index contributed by atoms with van der Waals surface area (Å²) in [6, 6.07) is 14.6. The van der Waals surface area contributed by atoms with Gasteiger partial charge in [0.2, 0.25) is 10.0 Å². The number of halogens is 1. The normalized spacial score (nSPS) is 21.3. The highest BCUT2D eigenvalue weighted by atomic mass is 35.5. The van der Waals surface area contributed by atoms with Crippen molar-refractivity contribution >= 4 is 27.5 Å². The summed E-state index contributed by atoms with van der Waals surface area (Å²) >= 11 is 5.85. The number of rotatable bonds is 7. The molecule has 0 aliphatic carbocycles. The monoisotopic (exact) mass is 482 g/mol. The van der Waals surface area contributed by atoms with Crippen LogP contribution in [0.25, 0.3) is 0 Å². The highest BCUT2D eigenvalue weighted by molar-refractivity contribution is 7.89. The van der Waals surface area contributed by atoms with Gasteiger partial charge in [-0.25, -0.2) is 13.1 Å². The minimum absolute atomic E-state index is 0.0487. The van der Waals surface area contributed by atoms with Crippen molar-refractivity contribution in [1.29, 1.82) is 0 Å². The largest absolute Gasteiger partial charge is 0.372 e. The Morgan fingerprint density at radius 2 is 1.72 bits per heavy atom. The first-order valence-corrected chi connectivity index (χ1v) is 12.0. The van der Waals surface area contributed by atoms with Crippen LogP contribution in [0, 0.1) is 0 Å². The number of benzene rings is 2. The molecule has 1 fully saturated rings. The van der Waals surface area contributed by atoms with Crippen molar-refractivity contribution < 1.29 is 27.4 Å².